The van der Waals surface area contributed by atoms with E-state index in [1.165, 1.54) is 50.5 Å². The van der Waals surface area contributed by atoms with Gasteiger partial charge in [0, 0.05) is 0 Å². The summed E-state index contributed by atoms with van der Waals surface area (Å²) < 4.78 is 0. The Hall–Kier alpha value is -0.780. The summed E-state index contributed by atoms with van der Waals surface area (Å²) in [5.74, 6) is 0.912. The molecule has 0 aromatic rings. The lowest BCUT2D eigenvalue weighted by atomic mass is 9.89. The third kappa shape index (κ3) is 6.83. The molecule has 1 aliphatic carbocycles. The van der Waals surface area contributed by atoms with E-state index in [0.29, 0.717) is 0 Å². The van der Waals surface area contributed by atoms with E-state index in [1.54, 1.807) is 11.1 Å². The van der Waals surface area contributed by atoms with Gasteiger partial charge in [-0.15, -0.1) is 0 Å². The van der Waals surface area contributed by atoms with Crippen LogP contribution >= 0.6 is 0 Å². The summed E-state index contributed by atoms with van der Waals surface area (Å²) in [6.07, 6.45) is 16.2. The van der Waals surface area contributed by atoms with Gasteiger partial charge in [0.1, 0.15) is 0 Å². The lowest BCUT2D eigenvalue weighted by Gasteiger charge is -2.17. The van der Waals surface area contributed by atoms with E-state index < -0.39 is 0 Å². The van der Waals surface area contributed by atoms with Crippen LogP contribution in [0.2, 0.25) is 0 Å². The molecular formula is C18H30. The van der Waals surface area contributed by atoms with E-state index in [0.717, 1.165) is 5.92 Å². The van der Waals surface area contributed by atoms with E-state index in [-0.39, 0.29) is 0 Å². The zero-order valence-electron chi connectivity index (χ0n) is 12.8. The molecule has 0 heterocycles. The first-order chi connectivity index (χ1) is 8.58. The van der Waals surface area contributed by atoms with Gasteiger partial charge in [0.15, 0.2) is 0 Å². The Morgan fingerprint density at radius 2 is 2.00 bits per heavy atom. The zero-order chi connectivity index (χ0) is 13.4. The molecule has 1 rings (SSSR count). The molecule has 18 heavy (non-hydrogen) atoms. The smallest absolute Gasteiger partial charge is 0.0285 e. The highest BCUT2D eigenvalue weighted by Gasteiger charge is 2.08. The average molecular weight is 246 g/mol. The number of allylic oxidation sites excluding steroid dienone is 6. The molecule has 0 fully saturated rings. The van der Waals surface area contributed by atoms with Crippen molar-refractivity contribution in [2.24, 2.45) is 5.92 Å². The summed E-state index contributed by atoms with van der Waals surface area (Å²) in [5.41, 5.74) is 4.68. The second-order valence-electron chi connectivity index (χ2n) is 6.15. The first-order valence-electron chi connectivity index (χ1n) is 7.55. The number of hydrogen-bond acceptors (Lipinski definition) is 0. The predicted octanol–water partition coefficient (Wildman–Crippen LogP) is 6.21. The van der Waals surface area contributed by atoms with Gasteiger partial charge in [-0.3, -0.25) is 0 Å². The maximum atomic E-state index is 2.49. The highest BCUT2D eigenvalue weighted by molar-refractivity contribution is 5.09. The van der Waals surface area contributed by atoms with Crippen LogP contribution in [0.4, 0.5) is 0 Å². The summed E-state index contributed by atoms with van der Waals surface area (Å²) >= 11 is 0. The van der Waals surface area contributed by atoms with Gasteiger partial charge < -0.3 is 0 Å². The van der Waals surface area contributed by atoms with E-state index in [4.69, 9.17) is 0 Å². The molecule has 0 saturated heterocycles. The van der Waals surface area contributed by atoms with Crippen molar-refractivity contribution >= 4 is 0 Å². The van der Waals surface area contributed by atoms with Crippen molar-refractivity contribution in [2.75, 3.05) is 0 Å². The Kier molecular flexibility index (Phi) is 7.08. The number of hydrogen-bond donors (Lipinski definition) is 0. The van der Waals surface area contributed by atoms with Crippen LogP contribution in [0.3, 0.4) is 0 Å². The summed E-state index contributed by atoms with van der Waals surface area (Å²) in [4.78, 5) is 0. The molecule has 1 atom stereocenters. The summed E-state index contributed by atoms with van der Waals surface area (Å²) in [6.45, 7) is 8.99. The zero-order valence-corrected chi connectivity index (χ0v) is 12.8. The fraction of sp³-hybridized carbons (Fsp3) is 0.667. The summed E-state index contributed by atoms with van der Waals surface area (Å²) in [5, 5.41) is 0. The van der Waals surface area contributed by atoms with Gasteiger partial charge in [0.05, 0.1) is 0 Å². The first kappa shape index (κ1) is 15.3. The molecule has 0 spiro atoms. The Labute approximate surface area is 114 Å². The van der Waals surface area contributed by atoms with Crippen molar-refractivity contribution in [1.82, 2.24) is 0 Å². The Morgan fingerprint density at radius 3 is 2.61 bits per heavy atom. The molecule has 102 valence electrons. The van der Waals surface area contributed by atoms with Crippen LogP contribution in [-0.4, -0.2) is 0 Å². The number of rotatable bonds is 6. The molecule has 0 aliphatic heterocycles. The molecular weight excluding hydrogens is 216 g/mol. The minimum atomic E-state index is 0.912. The summed E-state index contributed by atoms with van der Waals surface area (Å²) in [7, 11) is 0. The molecule has 0 aromatic carbocycles. The molecule has 0 heteroatoms. The monoisotopic (exact) mass is 246 g/mol. The first-order valence-corrected chi connectivity index (χ1v) is 7.55. The van der Waals surface area contributed by atoms with Crippen LogP contribution in [0.25, 0.3) is 0 Å². The second kappa shape index (κ2) is 8.34. The van der Waals surface area contributed by atoms with E-state index in [1.807, 2.05) is 0 Å². The van der Waals surface area contributed by atoms with Gasteiger partial charge in [-0.1, -0.05) is 41.9 Å². The normalized spacial score (nSPS) is 20.6. The lowest BCUT2D eigenvalue weighted by Crippen LogP contribution is -2.01. The third-order valence-corrected chi connectivity index (χ3v) is 3.82. The Morgan fingerprint density at radius 1 is 1.22 bits per heavy atom. The highest BCUT2D eigenvalue weighted by atomic mass is 14.1. The van der Waals surface area contributed by atoms with Crippen molar-refractivity contribution in [2.45, 2.75) is 72.6 Å². The van der Waals surface area contributed by atoms with Crippen molar-refractivity contribution in [3.05, 3.63) is 34.9 Å². The average Bonchev–Trinajstić information content (AvgIpc) is 2.31. The largest absolute Gasteiger partial charge is 0.0856 e. The van der Waals surface area contributed by atoms with Gasteiger partial charge >= 0.3 is 0 Å². The molecule has 0 amide bonds. The van der Waals surface area contributed by atoms with Gasteiger partial charge in [-0.25, -0.2) is 0 Å². The van der Waals surface area contributed by atoms with Crippen LogP contribution in [0.5, 0.6) is 0 Å². The molecule has 1 unspecified atom stereocenters. The quantitative estimate of drug-likeness (QED) is 0.489. The van der Waals surface area contributed by atoms with Crippen molar-refractivity contribution < 1.29 is 0 Å². The van der Waals surface area contributed by atoms with Crippen molar-refractivity contribution in [3.63, 3.8) is 0 Å². The van der Waals surface area contributed by atoms with Crippen molar-refractivity contribution in [3.8, 4) is 0 Å². The van der Waals surface area contributed by atoms with Crippen molar-refractivity contribution in [1.29, 1.82) is 0 Å². The minimum absolute atomic E-state index is 0.912. The van der Waals surface area contributed by atoms with Crippen LogP contribution in [0.1, 0.15) is 72.6 Å². The second-order valence-corrected chi connectivity index (χ2v) is 6.15. The minimum Gasteiger partial charge on any atom is -0.0856 e. The standard InChI is InChI=1S/C18H30/c1-15(2)7-5-8-16(3)9-6-10-18-13-11-17(4)12-14-18/h7,9,13,17H,5-6,8,10-12,14H2,1-4H3/b16-9+. The molecule has 0 nitrogen and oxygen atoms in total. The third-order valence-electron chi connectivity index (χ3n) is 3.82. The summed E-state index contributed by atoms with van der Waals surface area (Å²) in [6, 6.07) is 0. The SMILES string of the molecule is CC(C)=CCC/C(C)=C/CCC1=CCC(C)CC1. The maximum absolute atomic E-state index is 2.49. The fourth-order valence-corrected chi connectivity index (χ4v) is 2.44. The molecule has 0 bridgehead atoms. The van der Waals surface area contributed by atoms with Crippen LogP contribution in [0.15, 0.2) is 34.9 Å². The lowest BCUT2D eigenvalue weighted by molar-refractivity contribution is 0.506. The van der Waals surface area contributed by atoms with Gasteiger partial charge in [-0.05, 0) is 71.6 Å². The van der Waals surface area contributed by atoms with Crippen LogP contribution in [-0.2, 0) is 0 Å². The fourth-order valence-electron chi connectivity index (χ4n) is 2.44. The molecule has 0 saturated carbocycles. The Bertz CT molecular complexity index is 324. The molecule has 0 N–H and O–H groups in total. The van der Waals surface area contributed by atoms with Gasteiger partial charge in [0.2, 0.25) is 0 Å². The van der Waals surface area contributed by atoms with Gasteiger partial charge in [-0.2, -0.15) is 0 Å². The van der Waals surface area contributed by atoms with Crippen LogP contribution in [0, 0.1) is 5.92 Å². The van der Waals surface area contributed by atoms with Crippen LogP contribution < -0.4 is 0 Å². The van der Waals surface area contributed by atoms with Gasteiger partial charge in [0.25, 0.3) is 0 Å². The maximum Gasteiger partial charge on any atom is -0.0285 e. The van der Waals surface area contributed by atoms with E-state index >= 15 is 0 Å². The molecule has 0 radical (unpaired) electrons. The highest BCUT2D eigenvalue weighted by Crippen LogP contribution is 2.26. The molecule has 0 aromatic heterocycles. The Balaban J connectivity index is 2.21. The predicted molar refractivity (Wildman–Crippen MR) is 82.8 cm³/mol. The van der Waals surface area contributed by atoms with E-state index in [2.05, 4.69) is 45.9 Å². The topological polar surface area (TPSA) is 0 Å². The van der Waals surface area contributed by atoms with E-state index in [9.17, 15) is 0 Å². The molecule has 1 aliphatic rings.